The van der Waals surface area contributed by atoms with Crippen LogP contribution in [0.3, 0.4) is 0 Å². The number of ether oxygens (including phenoxy) is 1. The largest absolute Gasteiger partial charge is 0.468 e. The van der Waals surface area contributed by atoms with Crippen molar-refractivity contribution in [2.24, 2.45) is 0 Å². The van der Waals surface area contributed by atoms with Crippen molar-refractivity contribution in [3.05, 3.63) is 58.5 Å². The molecule has 1 heterocycles. The van der Waals surface area contributed by atoms with E-state index >= 15 is 0 Å². The first kappa shape index (κ1) is 14.9. The van der Waals surface area contributed by atoms with Crippen LogP contribution in [0, 0.1) is 18.3 Å². The van der Waals surface area contributed by atoms with E-state index in [2.05, 4.69) is 6.07 Å². The summed E-state index contributed by atoms with van der Waals surface area (Å²) in [4.78, 5) is 11.6. The molecule has 0 aliphatic carbocycles. The first-order valence-corrected chi connectivity index (χ1v) is 6.88. The molecule has 0 bridgehead atoms. The molecule has 0 amide bonds. The van der Waals surface area contributed by atoms with Gasteiger partial charge in [-0.15, -0.1) is 0 Å². The van der Waals surface area contributed by atoms with E-state index in [1.165, 1.54) is 0 Å². The fraction of sp³-hybridized carbons (Fsp3) is 0.294. The maximum Gasteiger partial charge on any atom is 0.338 e. The highest BCUT2D eigenvalue weighted by Crippen LogP contribution is 2.18. The molecule has 0 saturated carbocycles. The van der Waals surface area contributed by atoms with Gasteiger partial charge in [-0.3, -0.25) is 0 Å². The molecular weight excluding hydrogens is 266 g/mol. The molecule has 0 aliphatic heterocycles. The van der Waals surface area contributed by atoms with Crippen LogP contribution in [0.2, 0.25) is 0 Å². The number of nitriles is 1. The zero-order valence-electron chi connectivity index (χ0n) is 12.2. The summed E-state index contributed by atoms with van der Waals surface area (Å²) < 4.78 is 10.2. The second-order valence-corrected chi connectivity index (χ2v) is 4.72. The lowest BCUT2D eigenvalue weighted by Gasteiger charge is -2.04. The first-order valence-electron chi connectivity index (χ1n) is 6.88. The molecule has 4 heteroatoms. The summed E-state index contributed by atoms with van der Waals surface area (Å²) in [6.07, 6.45) is 3.16. The summed E-state index contributed by atoms with van der Waals surface area (Å²) in [5.74, 6) is 0.353. The van der Waals surface area contributed by atoms with Gasteiger partial charge in [0.25, 0.3) is 0 Å². The molecule has 21 heavy (non-hydrogen) atoms. The standard InChI is InChI=1S/C17H17NO3/c1-3-20-17(19)14-7-4-13(5-8-14)6-9-15-11-21-12(2)16(15)10-18/h4-5,7-8,11H,3,6,9H2,1-2H3. The predicted molar refractivity (Wildman–Crippen MR) is 78.0 cm³/mol. The Hall–Kier alpha value is -2.54. The number of nitrogens with zero attached hydrogens (tertiary/aromatic N) is 1. The second-order valence-electron chi connectivity index (χ2n) is 4.72. The van der Waals surface area contributed by atoms with Crippen LogP contribution in [0.1, 0.15) is 39.7 Å². The molecule has 0 aliphatic rings. The van der Waals surface area contributed by atoms with Crippen molar-refractivity contribution >= 4 is 5.97 Å². The molecule has 2 aromatic rings. The van der Waals surface area contributed by atoms with Crippen LogP contribution in [-0.4, -0.2) is 12.6 Å². The summed E-state index contributed by atoms with van der Waals surface area (Å²) in [6.45, 7) is 3.94. The third kappa shape index (κ3) is 3.51. The van der Waals surface area contributed by atoms with Gasteiger partial charge in [-0.1, -0.05) is 12.1 Å². The number of furan rings is 1. The van der Waals surface area contributed by atoms with Gasteiger partial charge in [0.05, 0.1) is 24.0 Å². The van der Waals surface area contributed by atoms with Crippen molar-refractivity contribution in [2.45, 2.75) is 26.7 Å². The first-order chi connectivity index (χ1) is 10.2. The zero-order valence-corrected chi connectivity index (χ0v) is 12.2. The molecule has 108 valence electrons. The lowest BCUT2D eigenvalue weighted by molar-refractivity contribution is 0.0526. The lowest BCUT2D eigenvalue weighted by atomic mass is 10.0. The Labute approximate surface area is 124 Å². The molecular formula is C17H17NO3. The molecule has 4 nitrogen and oxygen atoms in total. The Morgan fingerprint density at radius 3 is 2.62 bits per heavy atom. The Morgan fingerprint density at radius 2 is 2.00 bits per heavy atom. The van der Waals surface area contributed by atoms with Crippen molar-refractivity contribution in [3.8, 4) is 6.07 Å². The van der Waals surface area contributed by atoms with Gasteiger partial charge in [0.2, 0.25) is 0 Å². The quantitative estimate of drug-likeness (QED) is 0.789. The lowest BCUT2D eigenvalue weighted by Crippen LogP contribution is -2.04. The molecule has 0 spiro atoms. The van der Waals surface area contributed by atoms with E-state index in [0.29, 0.717) is 23.5 Å². The molecule has 0 fully saturated rings. The van der Waals surface area contributed by atoms with Crippen LogP contribution in [0.25, 0.3) is 0 Å². The summed E-state index contributed by atoms with van der Waals surface area (Å²) in [5, 5.41) is 9.07. The number of carbonyl (C=O) groups excluding carboxylic acids is 1. The highest BCUT2D eigenvalue weighted by atomic mass is 16.5. The minimum Gasteiger partial charge on any atom is -0.468 e. The maximum atomic E-state index is 11.6. The molecule has 0 radical (unpaired) electrons. The number of hydrogen-bond acceptors (Lipinski definition) is 4. The van der Waals surface area contributed by atoms with Crippen molar-refractivity contribution < 1.29 is 13.9 Å². The van der Waals surface area contributed by atoms with Gasteiger partial charge in [-0.05, 0) is 44.4 Å². The van der Waals surface area contributed by atoms with E-state index in [-0.39, 0.29) is 5.97 Å². The molecule has 0 unspecified atom stereocenters. The number of esters is 1. The van der Waals surface area contributed by atoms with Gasteiger partial charge < -0.3 is 9.15 Å². The fourth-order valence-electron chi connectivity index (χ4n) is 2.14. The van der Waals surface area contributed by atoms with Crippen LogP contribution in [0.4, 0.5) is 0 Å². The van der Waals surface area contributed by atoms with Gasteiger partial charge >= 0.3 is 5.97 Å². The van der Waals surface area contributed by atoms with E-state index < -0.39 is 0 Å². The van der Waals surface area contributed by atoms with Crippen LogP contribution in [-0.2, 0) is 17.6 Å². The Bertz CT molecular complexity index is 662. The average molecular weight is 283 g/mol. The molecule has 1 aromatic carbocycles. The van der Waals surface area contributed by atoms with E-state index in [1.807, 2.05) is 12.1 Å². The maximum absolute atomic E-state index is 11.6. The monoisotopic (exact) mass is 283 g/mol. The number of rotatable bonds is 5. The molecule has 2 rings (SSSR count). The van der Waals surface area contributed by atoms with Crippen molar-refractivity contribution in [2.75, 3.05) is 6.61 Å². The zero-order chi connectivity index (χ0) is 15.2. The third-order valence-corrected chi connectivity index (χ3v) is 3.31. The van der Waals surface area contributed by atoms with Gasteiger partial charge in [0, 0.05) is 5.56 Å². The highest BCUT2D eigenvalue weighted by molar-refractivity contribution is 5.89. The Morgan fingerprint density at radius 1 is 1.29 bits per heavy atom. The van der Waals surface area contributed by atoms with Crippen LogP contribution >= 0.6 is 0 Å². The summed E-state index contributed by atoms with van der Waals surface area (Å²) in [6, 6.07) is 9.51. The number of hydrogen-bond donors (Lipinski definition) is 0. The van der Waals surface area contributed by atoms with E-state index in [0.717, 1.165) is 24.0 Å². The summed E-state index contributed by atoms with van der Waals surface area (Å²) in [5.41, 5.74) is 3.20. The Kier molecular flexibility index (Phi) is 4.78. The smallest absolute Gasteiger partial charge is 0.338 e. The normalized spacial score (nSPS) is 10.1. The van der Waals surface area contributed by atoms with Gasteiger partial charge in [-0.25, -0.2) is 4.79 Å². The van der Waals surface area contributed by atoms with Crippen LogP contribution < -0.4 is 0 Å². The second kappa shape index (κ2) is 6.76. The number of aryl methyl sites for hydroxylation is 3. The third-order valence-electron chi connectivity index (χ3n) is 3.31. The van der Waals surface area contributed by atoms with Gasteiger partial charge in [-0.2, -0.15) is 5.26 Å². The molecule has 1 aromatic heterocycles. The van der Waals surface area contributed by atoms with Crippen molar-refractivity contribution in [3.63, 3.8) is 0 Å². The van der Waals surface area contributed by atoms with Gasteiger partial charge in [0.1, 0.15) is 11.8 Å². The molecule has 0 N–H and O–H groups in total. The van der Waals surface area contributed by atoms with Gasteiger partial charge in [0.15, 0.2) is 0 Å². The molecule has 0 saturated heterocycles. The highest BCUT2D eigenvalue weighted by Gasteiger charge is 2.10. The summed E-state index contributed by atoms with van der Waals surface area (Å²) >= 11 is 0. The SMILES string of the molecule is CCOC(=O)c1ccc(CCc2coc(C)c2C#N)cc1. The van der Waals surface area contributed by atoms with Crippen molar-refractivity contribution in [1.82, 2.24) is 0 Å². The fourth-order valence-corrected chi connectivity index (χ4v) is 2.14. The van der Waals surface area contributed by atoms with E-state index in [9.17, 15) is 4.79 Å². The number of benzene rings is 1. The van der Waals surface area contributed by atoms with E-state index in [4.69, 9.17) is 14.4 Å². The topological polar surface area (TPSA) is 63.2 Å². The molecule has 0 atom stereocenters. The minimum absolute atomic E-state index is 0.304. The minimum atomic E-state index is -0.304. The predicted octanol–water partition coefficient (Wildman–Crippen LogP) is 3.42. The van der Waals surface area contributed by atoms with Crippen molar-refractivity contribution in [1.29, 1.82) is 5.26 Å². The summed E-state index contributed by atoms with van der Waals surface area (Å²) in [7, 11) is 0. The van der Waals surface area contributed by atoms with Crippen LogP contribution in [0.5, 0.6) is 0 Å². The Balaban J connectivity index is 2.01. The average Bonchev–Trinajstić information content (AvgIpc) is 2.86. The van der Waals surface area contributed by atoms with E-state index in [1.54, 1.807) is 32.2 Å². The number of carbonyl (C=O) groups is 1. The van der Waals surface area contributed by atoms with Crippen LogP contribution in [0.15, 0.2) is 34.9 Å².